The number of carbonyl (C=O) groups excluding carboxylic acids is 1. The minimum Gasteiger partial charge on any atom is -0.363 e. The number of carbonyl (C=O) groups is 1. The van der Waals surface area contributed by atoms with E-state index in [4.69, 9.17) is 0 Å². The van der Waals surface area contributed by atoms with Gasteiger partial charge in [-0.05, 0) is 17.7 Å². The molecule has 1 heterocycles. The van der Waals surface area contributed by atoms with Crippen LogP contribution >= 0.6 is 11.3 Å². The summed E-state index contributed by atoms with van der Waals surface area (Å²) in [6, 6.07) is 3.45. The Morgan fingerprint density at radius 2 is 2.11 bits per heavy atom. The lowest BCUT2D eigenvalue weighted by atomic mass is 10.2. The van der Waals surface area contributed by atoms with Gasteiger partial charge in [0.05, 0.1) is 0 Å². The predicted molar refractivity (Wildman–Crippen MR) is 67.0 cm³/mol. The number of amides is 1. The zero-order valence-corrected chi connectivity index (χ0v) is 10.7. The van der Waals surface area contributed by atoms with Crippen LogP contribution in [0.5, 0.6) is 0 Å². The summed E-state index contributed by atoms with van der Waals surface area (Å²) >= 11 is 1.10. The van der Waals surface area contributed by atoms with E-state index < -0.39 is 17.5 Å². The summed E-state index contributed by atoms with van der Waals surface area (Å²) in [6.07, 6.45) is 0. The quantitative estimate of drug-likeness (QED) is 0.898. The molecule has 5 nitrogen and oxygen atoms in total. The molecule has 1 aromatic carbocycles. The molecule has 2 rings (SSSR count). The average Bonchev–Trinajstić information content (AvgIpc) is 2.88. The van der Waals surface area contributed by atoms with Crippen LogP contribution in [0.15, 0.2) is 18.2 Å². The molecule has 2 N–H and O–H groups in total. The molecule has 0 radical (unpaired) electrons. The maximum atomic E-state index is 13.0. The normalized spacial score (nSPS) is 10.3. The van der Waals surface area contributed by atoms with Crippen LogP contribution in [0.25, 0.3) is 0 Å². The summed E-state index contributed by atoms with van der Waals surface area (Å²) in [7, 11) is 1.67. The first-order valence-corrected chi connectivity index (χ1v) is 6.15. The van der Waals surface area contributed by atoms with Crippen molar-refractivity contribution in [3.8, 4) is 0 Å². The van der Waals surface area contributed by atoms with Gasteiger partial charge in [0.15, 0.2) is 11.6 Å². The van der Waals surface area contributed by atoms with Crippen LogP contribution in [-0.4, -0.2) is 23.2 Å². The smallest absolute Gasteiger partial charge is 0.282 e. The Morgan fingerprint density at radius 3 is 2.74 bits per heavy atom. The van der Waals surface area contributed by atoms with Crippen LogP contribution in [0.3, 0.4) is 0 Å². The van der Waals surface area contributed by atoms with Gasteiger partial charge in [-0.25, -0.2) is 8.78 Å². The highest BCUT2D eigenvalue weighted by Crippen LogP contribution is 2.14. The van der Waals surface area contributed by atoms with Gasteiger partial charge in [-0.15, -0.1) is 10.2 Å². The SMILES string of the molecule is CNc1nnc(C(=O)NCc2ccc(F)c(F)c2)s1. The van der Waals surface area contributed by atoms with E-state index in [1.165, 1.54) is 6.07 Å². The number of nitrogens with zero attached hydrogens (tertiary/aromatic N) is 2. The number of halogens is 2. The highest BCUT2D eigenvalue weighted by Gasteiger charge is 2.12. The first-order valence-electron chi connectivity index (χ1n) is 5.33. The van der Waals surface area contributed by atoms with E-state index in [0.717, 1.165) is 23.5 Å². The van der Waals surface area contributed by atoms with Crippen molar-refractivity contribution in [3.05, 3.63) is 40.4 Å². The van der Waals surface area contributed by atoms with Crippen molar-refractivity contribution in [1.82, 2.24) is 15.5 Å². The minimum absolute atomic E-state index is 0.0878. The molecule has 100 valence electrons. The monoisotopic (exact) mass is 284 g/mol. The fourth-order valence-electron chi connectivity index (χ4n) is 1.32. The van der Waals surface area contributed by atoms with Crippen LogP contribution in [0.4, 0.5) is 13.9 Å². The molecular formula is C11H10F2N4OS. The van der Waals surface area contributed by atoms with Gasteiger partial charge < -0.3 is 10.6 Å². The number of aromatic nitrogens is 2. The molecule has 0 aliphatic carbocycles. The molecule has 2 aromatic rings. The average molecular weight is 284 g/mol. The lowest BCUT2D eigenvalue weighted by Crippen LogP contribution is -2.22. The molecule has 1 amide bonds. The molecule has 0 spiro atoms. The molecule has 1 aromatic heterocycles. The standard InChI is InChI=1S/C11H10F2N4OS/c1-14-11-17-16-10(19-11)9(18)15-5-6-2-3-7(12)8(13)4-6/h2-4H,5H2,1H3,(H,14,17)(H,15,18). The number of rotatable bonds is 4. The number of hydrogen-bond donors (Lipinski definition) is 2. The Kier molecular flexibility index (Phi) is 4.00. The molecule has 0 aliphatic heterocycles. The number of benzene rings is 1. The highest BCUT2D eigenvalue weighted by atomic mass is 32.1. The van der Waals surface area contributed by atoms with Crippen LogP contribution in [-0.2, 0) is 6.54 Å². The maximum absolute atomic E-state index is 13.0. The van der Waals surface area contributed by atoms with Crippen molar-refractivity contribution >= 4 is 22.4 Å². The molecule has 19 heavy (non-hydrogen) atoms. The summed E-state index contributed by atoms with van der Waals surface area (Å²) in [5.74, 6) is -2.28. The van der Waals surface area contributed by atoms with Crippen molar-refractivity contribution in [3.63, 3.8) is 0 Å². The van der Waals surface area contributed by atoms with E-state index in [2.05, 4.69) is 20.8 Å². The lowest BCUT2D eigenvalue weighted by Gasteiger charge is -2.03. The first kappa shape index (κ1) is 13.3. The molecular weight excluding hydrogens is 274 g/mol. The van der Waals surface area contributed by atoms with Crippen LogP contribution in [0.2, 0.25) is 0 Å². The van der Waals surface area contributed by atoms with Crippen molar-refractivity contribution in [1.29, 1.82) is 0 Å². The van der Waals surface area contributed by atoms with Crippen LogP contribution in [0.1, 0.15) is 15.4 Å². The fraction of sp³-hybridized carbons (Fsp3) is 0.182. The molecule has 8 heteroatoms. The number of anilines is 1. The van der Waals surface area contributed by atoms with E-state index in [1.807, 2.05) is 0 Å². The number of nitrogens with one attached hydrogen (secondary N) is 2. The van der Waals surface area contributed by atoms with Gasteiger partial charge in [-0.2, -0.15) is 0 Å². The third-order valence-corrected chi connectivity index (χ3v) is 3.21. The summed E-state index contributed by atoms with van der Waals surface area (Å²) in [5, 5.41) is 13.5. The third kappa shape index (κ3) is 3.22. The van der Waals surface area contributed by atoms with Crippen molar-refractivity contribution in [2.24, 2.45) is 0 Å². The second kappa shape index (κ2) is 5.70. The van der Waals surface area contributed by atoms with Crippen molar-refractivity contribution in [2.75, 3.05) is 12.4 Å². The van der Waals surface area contributed by atoms with E-state index in [1.54, 1.807) is 7.05 Å². The molecule has 0 bridgehead atoms. The Morgan fingerprint density at radius 1 is 1.32 bits per heavy atom. The fourth-order valence-corrected chi connectivity index (χ4v) is 1.94. The Hall–Kier alpha value is -2.09. The van der Waals surface area contributed by atoms with Gasteiger partial charge in [0.2, 0.25) is 10.1 Å². The van der Waals surface area contributed by atoms with Gasteiger partial charge in [-0.3, -0.25) is 4.79 Å². The van der Waals surface area contributed by atoms with E-state index in [0.29, 0.717) is 10.7 Å². The van der Waals surface area contributed by atoms with Crippen LogP contribution in [0, 0.1) is 11.6 Å². The zero-order valence-electron chi connectivity index (χ0n) is 9.91. The predicted octanol–water partition coefficient (Wildman–Crippen LogP) is 1.79. The summed E-state index contributed by atoms with van der Waals surface area (Å²) in [6.45, 7) is 0.0878. The second-order valence-electron chi connectivity index (χ2n) is 3.59. The van der Waals surface area contributed by atoms with E-state index in [9.17, 15) is 13.6 Å². The minimum atomic E-state index is -0.944. The molecule has 0 atom stereocenters. The largest absolute Gasteiger partial charge is 0.363 e. The molecule has 0 unspecified atom stereocenters. The summed E-state index contributed by atoms with van der Waals surface area (Å²) in [5.41, 5.74) is 0.464. The van der Waals surface area contributed by atoms with Crippen molar-refractivity contribution in [2.45, 2.75) is 6.54 Å². The number of hydrogen-bond acceptors (Lipinski definition) is 5. The van der Waals surface area contributed by atoms with Gasteiger partial charge in [0, 0.05) is 13.6 Å². The lowest BCUT2D eigenvalue weighted by molar-refractivity contribution is 0.0949. The Balaban J connectivity index is 1.98. The van der Waals surface area contributed by atoms with Crippen molar-refractivity contribution < 1.29 is 13.6 Å². The van der Waals surface area contributed by atoms with Gasteiger partial charge in [0.25, 0.3) is 5.91 Å². The van der Waals surface area contributed by atoms with E-state index in [-0.39, 0.29) is 11.6 Å². The van der Waals surface area contributed by atoms with Gasteiger partial charge in [-0.1, -0.05) is 17.4 Å². The van der Waals surface area contributed by atoms with Crippen LogP contribution < -0.4 is 10.6 Å². The Bertz CT molecular complexity index is 602. The van der Waals surface area contributed by atoms with Gasteiger partial charge in [0.1, 0.15) is 0 Å². The van der Waals surface area contributed by atoms with E-state index >= 15 is 0 Å². The molecule has 0 fully saturated rings. The zero-order chi connectivity index (χ0) is 13.8. The summed E-state index contributed by atoms with van der Waals surface area (Å²) < 4.78 is 25.7. The topological polar surface area (TPSA) is 66.9 Å². The molecule has 0 saturated heterocycles. The molecule has 0 aliphatic rings. The first-order chi connectivity index (χ1) is 9.10. The summed E-state index contributed by atoms with van der Waals surface area (Å²) in [4.78, 5) is 11.7. The Labute approximate surface area is 111 Å². The second-order valence-corrected chi connectivity index (χ2v) is 4.57. The molecule has 0 saturated carbocycles. The highest BCUT2D eigenvalue weighted by molar-refractivity contribution is 7.17. The maximum Gasteiger partial charge on any atom is 0.282 e. The third-order valence-electron chi connectivity index (χ3n) is 2.27. The van der Waals surface area contributed by atoms with Gasteiger partial charge >= 0.3 is 0 Å².